The van der Waals surface area contributed by atoms with E-state index in [1.54, 1.807) is 6.92 Å². The topological polar surface area (TPSA) is 49.3 Å². The molecule has 0 spiro atoms. The fourth-order valence-corrected chi connectivity index (χ4v) is 1.38. The zero-order valence-electron chi connectivity index (χ0n) is 8.84. The van der Waals surface area contributed by atoms with Crippen LogP contribution in [-0.4, -0.2) is 23.7 Å². The Kier molecular flexibility index (Phi) is 4.71. The van der Waals surface area contributed by atoms with Crippen LogP contribution < -0.4 is 5.32 Å². The van der Waals surface area contributed by atoms with E-state index in [9.17, 15) is 9.18 Å². The number of rotatable bonds is 4. The van der Waals surface area contributed by atoms with Crippen molar-refractivity contribution in [1.82, 2.24) is 5.32 Å². The fraction of sp³-hybridized carbons (Fsp3) is 0.364. The number of carbonyl (C=O) groups is 1. The van der Waals surface area contributed by atoms with Gasteiger partial charge in [0, 0.05) is 6.54 Å². The van der Waals surface area contributed by atoms with Crippen molar-refractivity contribution in [3.05, 3.63) is 34.6 Å². The molecule has 0 aliphatic carbocycles. The average Bonchev–Trinajstić information content (AvgIpc) is 2.21. The number of nitrogens with one attached hydrogen (secondary N) is 1. The van der Waals surface area contributed by atoms with Crippen molar-refractivity contribution in [2.75, 3.05) is 6.54 Å². The third-order valence-corrected chi connectivity index (χ3v) is 2.43. The maximum absolute atomic E-state index is 13.0. The number of halogens is 2. The molecule has 1 amide bonds. The molecule has 0 aliphatic rings. The summed E-state index contributed by atoms with van der Waals surface area (Å²) < 4.78 is 13.0. The zero-order valence-corrected chi connectivity index (χ0v) is 9.59. The highest BCUT2D eigenvalue weighted by molar-refractivity contribution is 6.34. The van der Waals surface area contributed by atoms with Gasteiger partial charge >= 0.3 is 0 Å². The molecule has 0 aliphatic heterocycles. The Morgan fingerprint density at radius 2 is 2.31 bits per heavy atom. The summed E-state index contributed by atoms with van der Waals surface area (Å²) in [6.07, 6.45) is -0.0399. The number of amides is 1. The molecule has 0 heterocycles. The second-order valence-electron chi connectivity index (χ2n) is 3.49. The van der Waals surface area contributed by atoms with E-state index in [1.807, 2.05) is 0 Å². The van der Waals surface area contributed by atoms with Crippen LogP contribution in [0.4, 0.5) is 4.39 Å². The molecule has 1 aromatic carbocycles. The summed E-state index contributed by atoms with van der Waals surface area (Å²) in [4.78, 5) is 11.6. The predicted octanol–water partition coefficient (Wildman–Crippen LogP) is 1.98. The van der Waals surface area contributed by atoms with Crippen LogP contribution in [-0.2, 0) is 0 Å². The van der Waals surface area contributed by atoms with Gasteiger partial charge in [-0.15, -0.1) is 0 Å². The highest BCUT2D eigenvalue weighted by atomic mass is 35.5. The van der Waals surface area contributed by atoms with E-state index >= 15 is 0 Å². The average molecular weight is 246 g/mol. The molecule has 2 N–H and O–H groups in total. The summed E-state index contributed by atoms with van der Waals surface area (Å²) in [6, 6.07) is 4.06. The van der Waals surface area contributed by atoms with E-state index in [0.29, 0.717) is 13.0 Å². The molecule has 1 aromatic rings. The van der Waals surface area contributed by atoms with E-state index in [0.717, 1.165) is 0 Å². The van der Waals surface area contributed by atoms with E-state index in [4.69, 9.17) is 16.7 Å². The van der Waals surface area contributed by atoms with Crippen molar-refractivity contribution in [2.24, 2.45) is 0 Å². The van der Waals surface area contributed by atoms with Gasteiger partial charge in [-0.1, -0.05) is 17.7 Å². The van der Waals surface area contributed by atoms with Crippen molar-refractivity contribution in [3.8, 4) is 0 Å². The standard InChI is InChI=1S/C11H13ClFNO2/c1-7(15)5-6-14-11(16)8-3-2-4-9(13)10(8)12/h2-4,7,15H,5-6H2,1H3,(H,14,16). The van der Waals surface area contributed by atoms with Gasteiger partial charge in [0.05, 0.1) is 16.7 Å². The lowest BCUT2D eigenvalue weighted by Gasteiger charge is -2.08. The molecule has 0 bridgehead atoms. The summed E-state index contributed by atoms with van der Waals surface area (Å²) >= 11 is 5.64. The zero-order chi connectivity index (χ0) is 12.1. The summed E-state index contributed by atoms with van der Waals surface area (Å²) in [7, 11) is 0. The third kappa shape index (κ3) is 3.47. The fourth-order valence-electron chi connectivity index (χ4n) is 1.17. The molecule has 88 valence electrons. The Balaban J connectivity index is 2.63. The van der Waals surface area contributed by atoms with Crippen LogP contribution >= 0.6 is 11.6 Å². The predicted molar refractivity (Wildman–Crippen MR) is 60.0 cm³/mol. The summed E-state index contributed by atoms with van der Waals surface area (Å²) in [6.45, 7) is 1.95. The third-order valence-electron chi connectivity index (χ3n) is 2.04. The number of hydrogen-bond donors (Lipinski definition) is 2. The lowest BCUT2D eigenvalue weighted by molar-refractivity contribution is 0.0945. The lowest BCUT2D eigenvalue weighted by atomic mass is 10.2. The molecule has 1 atom stereocenters. The van der Waals surface area contributed by atoms with Gasteiger partial charge < -0.3 is 10.4 Å². The first kappa shape index (κ1) is 12.9. The lowest BCUT2D eigenvalue weighted by Crippen LogP contribution is -2.26. The van der Waals surface area contributed by atoms with Gasteiger partial charge in [0.1, 0.15) is 5.82 Å². The Morgan fingerprint density at radius 1 is 1.62 bits per heavy atom. The maximum Gasteiger partial charge on any atom is 0.252 e. The van der Waals surface area contributed by atoms with Crippen molar-refractivity contribution < 1.29 is 14.3 Å². The van der Waals surface area contributed by atoms with E-state index in [-0.39, 0.29) is 10.6 Å². The van der Waals surface area contributed by atoms with Gasteiger partial charge in [0.2, 0.25) is 0 Å². The monoisotopic (exact) mass is 245 g/mol. The van der Waals surface area contributed by atoms with E-state index < -0.39 is 17.8 Å². The minimum Gasteiger partial charge on any atom is -0.393 e. The van der Waals surface area contributed by atoms with Gasteiger partial charge in [-0.3, -0.25) is 4.79 Å². The molecule has 0 radical (unpaired) electrons. The normalized spacial score (nSPS) is 12.2. The molecule has 0 saturated heterocycles. The van der Waals surface area contributed by atoms with Gasteiger partial charge in [0.25, 0.3) is 5.91 Å². The van der Waals surface area contributed by atoms with Crippen LogP contribution in [0.3, 0.4) is 0 Å². The summed E-state index contributed by atoms with van der Waals surface area (Å²) in [5.74, 6) is -1.06. The minimum atomic E-state index is -0.621. The van der Waals surface area contributed by atoms with Crippen molar-refractivity contribution in [1.29, 1.82) is 0 Å². The molecular weight excluding hydrogens is 233 g/mol. The van der Waals surface area contributed by atoms with Crippen molar-refractivity contribution >= 4 is 17.5 Å². The minimum absolute atomic E-state index is 0.104. The first-order valence-corrected chi connectivity index (χ1v) is 5.30. The van der Waals surface area contributed by atoms with Gasteiger partial charge in [-0.2, -0.15) is 0 Å². The van der Waals surface area contributed by atoms with Crippen LogP contribution in [0.25, 0.3) is 0 Å². The Morgan fingerprint density at radius 3 is 2.94 bits per heavy atom. The second kappa shape index (κ2) is 5.82. The molecule has 0 fully saturated rings. The second-order valence-corrected chi connectivity index (χ2v) is 3.87. The van der Waals surface area contributed by atoms with Crippen molar-refractivity contribution in [2.45, 2.75) is 19.4 Å². The number of carbonyl (C=O) groups excluding carboxylic acids is 1. The molecule has 1 unspecified atom stereocenters. The molecule has 3 nitrogen and oxygen atoms in total. The number of benzene rings is 1. The van der Waals surface area contributed by atoms with Crippen LogP contribution in [0, 0.1) is 5.82 Å². The number of aliphatic hydroxyl groups excluding tert-OH is 1. The summed E-state index contributed by atoms with van der Waals surface area (Å²) in [5.41, 5.74) is 0.104. The molecular formula is C11H13ClFNO2. The first-order valence-electron chi connectivity index (χ1n) is 4.92. The van der Waals surface area contributed by atoms with Crippen LogP contribution in [0.15, 0.2) is 18.2 Å². The van der Waals surface area contributed by atoms with Crippen molar-refractivity contribution in [3.63, 3.8) is 0 Å². The van der Waals surface area contributed by atoms with Gasteiger partial charge in [-0.25, -0.2) is 4.39 Å². The molecule has 0 aromatic heterocycles. The van der Waals surface area contributed by atoms with Gasteiger partial charge in [-0.05, 0) is 25.5 Å². The highest BCUT2D eigenvalue weighted by Gasteiger charge is 2.12. The Hall–Kier alpha value is -1.13. The molecule has 16 heavy (non-hydrogen) atoms. The van der Waals surface area contributed by atoms with E-state index in [2.05, 4.69) is 5.32 Å². The van der Waals surface area contributed by atoms with Crippen LogP contribution in [0.2, 0.25) is 5.02 Å². The largest absolute Gasteiger partial charge is 0.393 e. The Labute approximate surface area is 98.2 Å². The van der Waals surface area contributed by atoms with Crippen LogP contribution in [0.1, 0.15) is 23.7 Å². The quantitative estimate of drug-likeness (QED) is 0.852. The summed E-state index contributed by atoms with van der Waals surface area (Å²) in [5, 5.41) is 11.4. The highest BCUT2D eigenvalue weighted by Crippen LogP contribution is 2.19. The molecule has 0 saturated carbocycles. The molecule has 1 rings (SSSR count). The molecule has 5 heteroatoms. The Bertz CT molecular complexity index is 382. The SMILES string of the molecule is CC(O)CCNC(=O)c1cccc(F)c1Cl. The van der Waals surface area contributed by atoms with E-state index in [1.165, 1.54) is 18.2 Å². The number of aliphatic hydroxyl groups is 1. The maximum atomic E-state index is 13.0. The number of hydrogen-bond acceptors (Lipinski definition) is 2. The smallest absolute Gasteiger partial charge is 0.252 e. The first-order chi connectivity index (χ1) is 7.52. The van der Waals surface area contributed by atoms with Crippen LogP contribution in [0.5, 0.6) is 0 Å². The van der Waals surface area contributed by atoms with Gasteiger partial charge in [0.15, 0.2) is 0 Å².